The first-order chi connectivity index (χ1) is 12.1. The van der Waals surface area contributed by atoms with Crippen molar-refractivity contribution in [1.29, 1.82) is 0 Å². The zero-order chi connectivity index (χ0) is 18.1. The molecule has 0 radical (unpaired) electrons. The Morgan fingerprint density at radius 3 is 2.44 bits per heavy atom. The van der Waals surface area contributed by atoms with Crippen molar-refractivity contribution in [1.82, 2.24) is 0 Å². The van der Waals surface area contributed by atoms with Gasteiger partial charge in [0.25, 0.3) is 10.1 Å². The molecule has 0 aromatic heterocycles. The smallest absolute Gasteiger partial charge is 0.296 e. The first-order valence-electron chi connectivity index (χ1n) is 7.92. The first kappa shape index (κ1) is 19.2. The summed E-state index contributed by atoms with van der Waals surface area (Å²) >= 11 is 0. The van der Waals surface area contributed by atoms with E-state index in [4.69, 9.17) is 18.8 Å². The van der Waals surface area contributed by atoms with Crippen molar-refractivity contribution in [2.75, 3.05) is 26.9 Å². The third kappa shape index (κ3) is 5.74. The van der Waals surface area contributed by atoms with Gasteiger partial charge < -0.3 is 14.6 Å². The van der Waals surface area contributed by atoms with Crippen LogP contribution in [0.25, 0.3) is 0 Å². The lowest BCUT2D eigenvalue weighted by Crippen LogP contribution is -2.10. The van der Waals surface area contributed by atoms with Crippen LogP contribution in [0.5, 0.6) is 11.5 Å². The fraction of sp³-hybridized carbons (Fsp3) is 0.333. The van der Waals surface area contributed by atoms with Crippen LogP contribution in [0.1, 0.15) is 12.0 Å². The van der Waals surface area contributed by atoms with Gasteiger partial charge in [-0.3, -0.25) is 4.18 Å². The number of benzene rings is 2. The molecule has 2 aromatic rings. The molecule has 0 bridgehead atoms. The molecule has 0 spiro atoms. The molecule has 0 saturated carbocycles. The van der Waals surface area contributed by atoms with Gasteiger partial charge in [0, 0.05) is 13.0 Å². The Labute approximate surface area is 148 Å². The predicted octanol–water partition coefficient (Wildman–Crippen LogP) is 2.40. The maximum atomic E-state index is 12.0. The van der Waals surface area contributed by atoms with E-state index in [1.165, 1.54) is 12.1 Å². The standard InChI is InChI=1S/C18H22O6S/c1-22-18-14-15(10-11-19)8-9-17(18)23-12-5-13-24-25(20,21)16-6-3-2-4-7-16/h2-4,6-9,14,19H,5,10-13H2,1H3. The third-order valence-corrected chi connectivity index (χ3v) is 4.77. The minimum Gasteiger partial charge on any atom is -0.493 e. The lowest BCUT2D eigenvalue weighted by atomic mass is 10.1. The molecule has 2 aromatic carbocycles. The maximum absolute atomic E-state index is 12.0. The monoisotopic (exact) mass is 366 g/mol. The second kappa shape index (κ2) is 9.41. The van der Waals surface area contributed by atoms with E-state index in [-0.39, 0.29) is 18.1 Å². The van der Waals surface area contributed by atoms with Gasteiger partial charge in [0.15, 0.2) is 11.5 Å². The quantitative estimate of drug-likeness (QED) is 0.514. The minimum absolute atomic E-state index is 0.0299. The van der Waals surface area contributed by atoms with Crippen LogP contribution < -0.4 is 9.47 Å². The molecule has 0 fully saturated rings. The molecule has 7 heteroatoms. The molecule has 136 valence electrons. The van der Waals surface area contributed by atoms with E-state index < -0.39 is 10.1 Å². The Morgan fingerprint density at radius 2 is 1.76 bits per heavy atom. The Kier molecular flexibility index (Phi) is 7.24. The van der Waals surface area contributed by atoms with Gasteiger partial charge in [-0.25, -0.2) is 0 Å². The summed E-state index contributed by atoms with van der Waals surface area (Å²) in [6.07, 6.45) is 0.954. The van der Waals surface area contributed by atoms with E-state index in [2.05, 4.69) is 0 Å². The summed E-state index contributed by atoms with van der Waals surface area (Å²) in [6, 6.07) is 13.4. The number of hydrogen-bond acceptors (Lipinski definition) is 6. The van der Waals surface area contributed by atoms with Gasteiger partial charge in [0.1, 0.15) is 0 Å². The second-order valence-electron chi connectivity index (χ2n) is 5.25. The highest BCUT2D eigenvalue weighted by molar-refractivity contribution is 7.86. The lowest BCUT2D eigenvalue weighted by molar-refractivity contribution is 0.243. The SMILES string of the molecule is COc1cc(CCO)ccc1OCCCOS(=O)(=O)c1ccccc1. The van der Waals surface area contributed by atoms with Crippen LogP contribution in [0.15, 0.2) is 53.4 Å². The van der Waals surface area contributed by atoms with Crippen LogP contribution in [0, 0.1) is 0 Å². The molecule has 0 aliphatic carbocycles. The van der Waals surface area contributed by atoms with Crippen molar-refractivity contribution in [3.05, 3.63) is 54.1 Å². The largest absolute Gasteiger partial charge is 0.493 e. The molecule has 0 amide bonds. The van der Waals surface area contributed by atoms with E-state index in [0.29, 0.717) is 30.9 Å². The second-order valence-corrected chi connectivity index (χ2v) is 6.87. The van der Waals surface area contributed by atoms with Crippen molar-refractivity contribution >= 4 is 10.1 Å². The molecule has 6 nitrogen and oxygen atoms in total. The van der Waals surface area contributed by atoms with E-state index in [1.807, 2.05) is 12.1 Å². The number of aliphatic hydroxyl groups excluding tert-OH is 1. The van der Waals surface area contributed by atoms with Crippen molar-refractivity contribution in [2.24, 2.45) is 0 Å². The Bertz CT molecular complexity index is 758. The van der Waals surface area contributed by atoms with Crippen LogP contribution in [0.4, 0.5) is 0 Å². The zero-order valence-corrected chi connectivity index (χ0v) is 14.9. The minimum atomic E-state index is -3.73. The van der Waals surface area contributed by atoms with Crippen LogP contribution in [0.2, 0.25) is 0 Å². The van der Waals surface area contributed by atoms with E-state index >= 15 is 0 Å². The summed E-state index contributed by atoms with van der Waals surface area (Å²) in [5, 5.41) is 8.97. The van der Waals surface area contributed by atoms with Crippen molar-refractivity contribution in [2.45, 2.75) is 17.7 Å². The summed E-state index contributed by atoms with van der Waals surface area (Å²) < 4.78 is 39.8. The Hall–Kier alpha value is -2.09. The number of ether oxygens (including phenoxy) is 2. The molecule has 1 N–H and O–H groups in total. The Balaban J connectivity index is 1.81. The van der Waals surface area contributed by atoms with Gasteiger partial charge in [-0.05, 0) is 36.2 Å². The maximum Gasteiger partial charge on any atom is 0.296 e. The molecular formula is C18H22O6S. The lowest BCUT2D eigenvalue weighted by Gasteiger charge is -2.12. The van der Waals surface area contributed by atoms with Crippen LogP contribution in [-0.2, 0) is 20.7 Å². The van der Waals surface area contributed by atoms with Crippen molar-refractivity contribution in [3.8, 4) is 11.5 Å². The van der Waals surface area contributed by atoms with E-state index in [0.717, 1.165) is 5.56 Å². The molecule has 2 rings (SSSR count). The molecule has 0 saturated heterocycles. The highest BCUT2D eigenvalue weighted by atomic mass is 32.2. The average molecular weight is 366 g/mol. The van der Waals surface area contributed by atoms with Crippen LogP contribution >= 0.6 is 0 Å². The molecule has 25 heavy (non-hydrogen) atoms. The summed E-state index contributed by atoms with van der Waals surface area (Å²) in [5.41, 5.74) is 0.948. The van der Waals surface area contributed by atoms with Gasteiger partial charge in [0.2, 0.25) is 0 Å². The first-order valence-corrected chi connectivity index (χ1v) is 9.32. The van der Waals surface area contributed by atoms with Gasteiger partial charge in [-0.15, -0.1) is 0 Å². The number of rotatable bonds is 10. The summed E-state index contributed by atoms with van der Waals surface area (Å²) in [7, 11) is -2.19. The van der Waals surface area contributed by atoms with E-state index in [9.17, 15) is 8.42 Å². The van der Waals surface area contributed by atoms with Crippen molar-refractivity contribution < 1.29 is 27.2 Å². The zero-order valence-electron chi connectivity index (χ0n) is 14.1. The number of hydrogen-bond donors (Lipinski definition) is 1. The molecule has 0 unspecified atom stereocenters. The fourth-order valence-corrected chi connectivity index (χ4v) is 3.14. The average Bonchev–Trinajstić information content (AvgIpc) is 2.63. The van der Waals surface area contributed by atoms with Gasteiger partial charge in [-0.1, -0.05) is 24.3 Å². The molecular weight excluding hydrogens is 344 g/mol. The van der Waals surface area contributed by atoms with Gasteiger partial charge in [-0.2, -0.15) is 8.42 Å². The summed E-state index contributed by atoms with van der Waals surface area (Å²) in [6.45, 7) is 0.388. The van der Waals surface area contributed by atoms with Gasteiger partial charge >= 0.3 is 0 Å². The van der Waals surface area contributed by atoms with Crippen LogP contribution in [-0.4, -0.2) is 40.5 Å². The van der Waals surface area contributed by atoms with Gasteiger partial charge in [0.05, 0.1) is 25.2 Å². The van der Waals surface area contributed by atoms with Crippen molar-refractivity contribution in [3.63, 3.8) is 0 Å². The fourth-order valence-electron chi connectivity index (χ4n) is 2.18. The Morgan fingerprint density at radius 1 is 1.00 bits per heavy atom. The summed E-state index contributed by atoms with van der Waals surface area (Å²) in [4.78, 5) is 0.136. The third-order valence-electron chi connectivity index (χ3n) is 3.45. The molecule has 0 aliphatic heterocycles. The van der Waals surface area contributed by atoms with E-state index in [1.54, 1.807) is 31.4 Å². The highest BCUT2D eigenvalue weighted by Crippen LogP contribution is 2.28. The normalized spacial score (nSPS) is 11.3. The predicted molar refractivity (Wildman–Crippen MR) is 93.5 cm³/mol. The van der Waals surface area contributed by atoms with Crippen LogP contribution in [0.3, 0.4) is 0 Å². The summed E-state index contributed by atoms with van der Waals surface area (Å²) in [5.74, 6) is 1.14. The highest BCUT2D eigenvalue weighted by Gasteiger charge is 2.14. The molecule has 0 atom stereocenters. The topological polar surface area (TPSA) is 82.1 Å². The molecule has 0 aliphatic rings. The molecule has 0 heterocycles. The number of aliphatic hydroxyl groups is 1. The number of methoxy groups -OCH3 is 1.